The van der Waals surface area contributed by atoms with Crippen molar-refractivity contribution in [3.63, 3.8) is 0 Å². The Morgan fingerprint density at radius 2 is 1.75 bits per heavy atom. The molecule has 0 atom stereocenters. The van der Waals surface area contributed by atoms with Crippen LogP contribution in [0.1, 0.15) is 16.7 Å². The molecule has 0 aliphatic rings. The third-order valence-electron chi connectivity index (χ3n) is 4.03. The van der Waals surface area contributed by atoms with Crippen molar-refractivity contribution in [1.82, 2.24) is 0 Å². The van der Waals surface area contributed by atoms with Gasteiger partial charge < -0.3 is 0 Å². The highest BCUT2D eigenvalue weighted by atomic mass is 35.5. The second-order valence-corrected chi connectivity index (χ2v) is 7.50. The average molecular weight is 414 g/mol. The lowest BCUT2D eigenvalue weighted by Crippen LogP contribution is -2.02. The molecule has 5 heteroatoms. The molecule has 0 saturated carbocycles. The van der Waals surface area contributed by atoms with Crippen molar-refractivity contribution in [2.45, 2.75) is 18.5 Å². The maximum atomic E-state index is 13.6. The van der Waals surface area contributed by atoms with Crippen LogP contribution in [-0.4, -0.2) is 5.71 Å². The second kappa shape index (κ2) is 9.67. The Hall–Kier alpha value is -2.43. The third-order valence-corrected chi connectivity index (χ3v) is 5.16. The Morgan fingerprint density at radius 3 is 2.43 bits per heavy atom. The number of halogens is 3. The molecule has 0 saturated heterocycles. The van der Waals surface area contributed by atoms with Crippen LogP contribution in [0.2, 0.25) is 5.02 Å². The quantitative estimate of drug-likeness (QED) is 0.298. The molecule has 0 spiro atoms. The summed E-state index contributed by atoms with van der Waals surface area (Å²) in [5, 5.41) is 2.28. The van der Waals surface area contributed by atoms with Crippen LogP contribution < -0.4 is 0 Å². The Kier molecular flexibility index (Phi) is 7.01. The molecule has 0 unspecified atom stereocenters. The number of allylic oxidation sites excluding steroid dienone is 1. The minimum Gasteiger partial charge on any atom is -0.248 e. The highest BCUT2D eigenvalue weighted by Crippen LogP contribution is 2.26. The number of rotatable bonds is 6. The van der Waals surface area contributed by atoms with Crippen LogP contribution >= 0.6 is 23.4 Å². The van der Waals surface area contributed by atoms with Gasteiger partial charge in [0.1, 0.15) is 12.5 Å². The summed E-state index contributed by atoms with van der Waals surface area (Å²) in [5.74, 6) is -0.279. The van der Waals surface area contributed by atoms with E-state index in [1.807, 2.05) is 36.6 Å². The van der Waals surface area contributed by atoms with Gasteiger partial charge >= 0.3 is 0 Å². The van der Waals surface area contributed by atoms with Crippen LogP contribution in [0.25, 0.3) is 0 Å². The van der Waals surface area contributed by atoms with E-state index in [0.717, 1.165) is 16.1 Å². The molecule has 3 aromatic carbocycles. The number of aliphatic imine (C=N–C) groups is 1. The Morgan fingerprint density at radius 1 is 1.04 bits per heavy atom. The predicted molar refractivity (Wildman–Crippen MR) is 115 cm³/mol. The van der Waals surface area contributed by atoms with Crippen LogP contribution in [0.3, 0.4) is 0 Å². The van der Waals surface area contributed by atoms with Gasteiger partial charge in [-0.3, -0.25) is 0 Å². The van der Waals surface area contributed by atoms with Crippen molar-refractivity contribution in [2.75, 3.05) is 0 Å². The maximum Gasteiger partial charge on any atom is 0.123 e. The first-order chi connectivity index (χ1) is 13.6. The molecule has 0 aliphatic heterocycles. The summed E-state index contributed by atoms with van der Waals surface area (Å²) in [6, 6.07) is 19.1. The van der Waals surface area contributed by atoms with Gasteiger partial charge in [-0.25, -0.2) is 13.8 Å². The van der Waals surface area contributed by atoms with Gasteiger partial charge in [0.2, 0.25) is 0 Å². The summed E-state index contributed by atoms with van der Waals surface area (Å²) in [7, 11) is 0. The van der Waals surface area contributed by atoms with Crippen LogP contribution in [0.15, 0.2) is 88.1 Å². The van der Waals surface area contributed by atoms with Gasteiger partial charge in [-0.15, -0.1) is 0 Å². The summed E-state index contributed by atoms with van der Waals surface area (Å²) in [4.78, 5) is 5.58. The average Bonchev–Trinajstić information content (AvgIpc) is 2.70. The van der Waals surface area contributed by atoms with E-state index in [2.05, 4.69) is 0 Å². The molecular weight excluding hydrogens is 396 g/mol. The summed E-state index contributed by atoms with van der Waals surface area (Å²) in [5.41, 5.74) is 3.50. The lowest BCUT2D eigenvalue weighted by atomic mass is 10.0. The first-order valence-corrected chi connectivity index (χ1v) is 9.90. The minimum atomic E-state index is -0.637. The molecule has 0 radical (unpaired) electrons. The van der Waals surface area contributed by atoms with Crippen LogP contribution in [0, 0.1) is 12.7 Å². The van der Waals surface area contributed by atoms with Crippen LogP contribution in [0.5, 0.6) is 0 Å². The fraction of sp³-hybridized carbons (Fsp3) is 0.0870. The summed E-state index contributed by atoms with van der Waals surface area (Å²) in [6.45, 7) is 1.37. The number of benzene rings is 3. The highest BCUT2D eigenvalue weighted by Gasteiger charge is 2.12. The molecule has 0 aromatic heterocycles. The van der Waals surface area contributed by atoms with E-state index in [4.69, 9.17) is 16.6 Å². The van der Waals surface area contributed by atoms with Gasteiger partial charge in [0, 0.05) is 10.5 Å². The molecule has 0 bridgehead atoms. The van der Waals surface area contributed by atoms with E-state index >= 15 is 0 Å². The lowest BCUT2D eigenvalue weighted by molar-refractivity contribution is 0.485. The topological polar surface area (TPSA) is 12.4 Å². The van der Waals surface area contributed by atoms with Crippen molar-refractivity contribution < 1.29 is 8.78 Å². The molecule has 1 nitrogen and oxygen atoms in total. The van der Waals surface area contributed by atoms with E-state index in [9.17, 15) is 8.78 Å². The fourth-order valence-corrected chi connectivity index (χ4v) is 3.53. The number of hydrogen-bond donors (Lipinski definition) is 0. The number of nitrogens with zero attached hydrogens (tertiary/aromatic N) is 1. The zero-order valence-corrected chi connectivity index (χ0v) is 16.8. The van der Waals surface area contributed by atoms with Gasteiger partial charge in [0.05, 0.1) is 16.4 Å². The summed E-state index contributed by atoms with van der Waals surface area (Å²) < 4.78 is 26.6. The minimum absolute atomic E-state index is 0.279. The highest BCUT2D eigenvalue weighted by molar-refractivity contribution is 8.02. The SMILES string of the molecule is Cc1ccc(N=C(C=CSc2ccc(F)cc2)c2c(Cl)cccc2CF)cc1. The number of hydrogen-bond acceptors (Lipinski definition) is 2. The Labute approximate surface area is 172 Å². The maximum absolute atomic E-state index is 13.6. The van der Waals surface area contributed by atoms with Gasteiger partial charge in [-0.1, -0.05) is 53.2 Å². The fourth-order valence-electron chi connectivity index (χ4n) is 2.59. The van der Waals surface area contributed by atoms with Gasteiger partial charge in [-0.05, 0) is 66.4 Å². The lowest BCUT2D eigenvalue weighted by Gasteiger charge is -2.10. The molecule has 0 amide bonds. The third kappa shape index (κ3) is 5.31. The number of thioether (sulfide) groups is 1. The molecular formula is C23H18ClF2NS. The van der Waals surface area contributed by atoms with Crippen molar-refractivity contribution in [2.24, 2.45) is 4.99 Å². The number of alkyl halides is 1. The van der Waals surface area contributed by atoms with Crippen molar-refractivity contribution in [3.8, 4) is 0 Å². The van der Waals surface area contributed by atoms with Crippen LogP contribution in [0.4, 0.5) is 14.5 Å². The summed E-state index contributed by atoms with van der Waals surface area (Å²) >= 11 is 7.80. The van der Waals surface area contributed by atoms with E-state index in [0.29, 0.717) is 21.9 Å². The molecule has 3 aromatic rings. The van der Waals surface area contributed by atoms with Crippen molar-refractivity contribution in [1.29, 1.82) is 0 Å². The monoisotopic (exact) mass is 413 g/mol. The zero-order valence-electron chi connectivity index (χ0n) is 15.2. The van der Waals surface area contributed by atoms with Gasteiger partial charge in [0.25, 0.3) is 0 Å². The van der Waals surface area contributed by atoms with E-state index in [-0.39, 0.29) is 5.82 Å². The van der Waals surface area contributed by atoms with Gasteiger partial charge in [0.15, 0.2) is 0 Å². The largest absolute Gasteiger partial charge is 0.248 e. The Balaban J connectivity index is 1.98. The first-order valence-electron chi connectivity index (χ1n) is 8.64. The molecule has 0 aliphatic carbocycles. The molecule has 28 heavy (non-hydrogen) atoms. The molecule has 142 valence electrons. The molecule has 0 N–H and O–H groups in total. The van der Waals surface area contributed by atoms with E-state index < -0.39 is 6.67 Å². The van der Waals surface area contributed by atoms with Gasteiger partial charge in [-0.2, -0.15) is 0 Å². The normalized spacial score (nSPS) is 11.9. The standard InChI is InChI=1S/C23H18ClF2NS/c1-16-5-9-19(10-6-16)27-22(23-17(15-25)3-2-4-21(23)24)13-14-28-20-11-7-18(26)8-12-20/h2-14H,15H2,1H3. The molecule has 3 rings (SSSR count). The van der Waals surface area contributed by atoms with Crippen molar-refractivity contribution in [3.05, 3.63) is 106 Å². The molecule has 0 heterocycles. The smallest absolute Gasteiger partial charge is 0.123 e. The number of aryl methyl sites for hydroxylation is 1. The predicted octanol–water partition coefficient (Wildman–Crippen LogP) is 7.68. The van der Waals surface area contributed by atoms with E-state index in [1.54, 1.807) is 36.4 Å². The first kappa shape index (κ1) is 20.3. The summed E-state index contributed by atoms with van der Waals surface area (Å²) in [6.07, 6.45) is 1.80. The second-order valence-electron chi connectivity index (χ2n) is 6.11. The Bertz CT molecular complexity index is 996. The molecule has 0 fully saturated rings. The van der Waals surface area contributed by atoms with E-state index in [1.165, 1.54) is 23.9 Å². The zero-order chi connectivity index (χ0) is 19.9. The van der Waals surface area contributed by atoms with Crippen LogP contribution in [-0.2, 0) is 6.67 Å². The van der Waals surface area contributed by atoms with Crippen molar-refractivity contribution >= 4 is 34.8 Å².